The standard InChI is InChI=1S/C21H30N2O2/c1-14(2)17-12-24-19(22-17)21(5,11-16-9-7-6-8-10-16)20-23-18(13-25-20)15(3)4/h6-10,14-15,17-18H,11-13H2,1-5H3/t17-,18-/m1/s1. The first-order valence-corrected chi connectivity index (χ1v) is 9.36. The molecule has 0 saturated heterocycles. The molecule has 2 aliphatic rings. The number of hydrogen-bond donors (Lipinski definition) is 0. The molecule has 0 bridgehead atoms. The van der Waals surface area contributed by atoms with Gasteiger partial charge < -0.3 is 9.47 Å². The predicted molar refractivity (Wildman–Crippen MR) is 102 cm³/mol. The first-order chi connectivity index (χ1) is 11.9. The van der Waals surface area contributed by atoms with E-state index in [-0.39, 0.29) is 12.1 Å². The van der Waals surface area contributed by atoms with Crippen LogP contribution < -0.4 is 0 Å². The van der Waals surface area contributed by atoms with Crippen LogP contribution in [0.1, 0.15) is 40.2 Å². The molecule has 0 aliphatic carbocycles. The second kappa shape index (κ2) is 7.19. The largest absolute Gasteiger partial charge is 0.478 e. The third-order valence-corrected chi connectivity index (χ3v) is 5.23. The molecule has 4 heteroatoms. The van der Waals surface area contributed by atoms with Crippen LogP contribution in [0.5, 0.6) is 0 Å². The van der Waals surface area contributed by atoms with Crippen molar-refractivity contribution in [3.05, 3.63) is 35.9 Å². The van der Waals surface area contributed by atoms with Crippen molar-refractivity contribution in [2.75, 3.05) is 13.2 Å². The van der Waals surface area contributed by atoms with Gasteiger partial charge in [-0.2, -0.15) is 0 Å². The Kier molecular flexibility index (Phi) is 5.16. The zero-order chi connectivity index (χ0) is 18.0. The van der Waals surface area contributed by atoms with E-state index in [0.717, 1.165) is 18.2 Å². The minimum absolute atomic E-state index is 0.216. The summed E-state index contributed by atoms with van der Waals surface area (Å²) in [4.78, 5) is 9.81. The Balaban J connectivity index is 1.94. The summed E-state index contributed by atoms with van der Waals surface area (Å²) in [6.07, 6.45) is 0.779. The van der Waals surface area contributed by atoms with Crippen LogP contribution in [0.25, 0.3) is 0 Å². The van der Waals surface area contributed by atoms with E-state index >= 15 is 0 Å². The summed E-state index contributed by atoms with van der Waals surface area (Å²) in [6, 6.07) is 10.9. The SMILES string of the molecule is CC(C)[C@H]1COC(C(C)(Cc2ccccc2)C2=N[C@@H](C(C)C)CO2)=N1. The summed E-state index contributed by atoms with van der Waals surface area (Å²) in [5.41, 5.74) is 0.790. The highest BCUT2D eigenvalue weighted by Gasteiger charge is 2.45. The summed E-state index contributed by atoms with van der Waals surface area (Å²) in [5, 5.41) is 0. The summed E-state index contributed by atoms with van der Waals surface area (Å²) < 4.78 is 12.1. The minimum atomic E-state index is -0.450. The predicted octanol–water partition coefficient (Wildman–Crippen LogP) is 4.14. The van der Waals surface area contributed by atoms with Crippen molar-refractivity contribution < 1.29 is 9.47 Å². The fourth-order valence-corrected chi connectivity index (χ4v) is 3.31. The molecule has 0 radical (unpaired) electrons. The molecule has 0 unspecified atom stereocenters. The molecule has 2 heterocycles. The van der Waals surface area contributed by atoms with Gasteiger partial charge in [-0.3, -0.25) is 0 Å². The van der Waals surface area contributed by atoms with Crippen molar-refractivity contribution in [3.8, 4) is 0 Å². The Morgan fingerprint density at radius 1 is 0.920 bits per heavy atom. The molecule has 0 aromatic heterocycles. The maximum absolute atomic E-state index is 6.06. The van der Waals surface area contributed by atoms with Gasteiger partial charge in [-0.25, -0.2) is 9.98 Å². The van der Waals surface area contributed by atoms with Crippen molar-refractivity contribution >= 4 is 11.8 Å². The van der Waals surface area contributed by atoms with Crippen molar-refractivity contribution in [2.45, 2.75) is 53.1 Å². The topological polar surface area (TPSA) is 43.2 Å². The molecule has 0 spiro atoms. The average Bonchev–Trinajstić information content (AvgIpc) is 3.26. The van der Waals surface area contributed by atoms with Gasteiger partial charge in [-0.1, -0.05) is 58.0 Å². The van der Waals surface area contributed by atoms with Gasteiger partial charge in [0.2, 0.25) is 0 Å². The minimum Gasteiger partial charge on any atom is -0.478 e. The number of benzene rings is 1. The van der Waals surface area contributed by atoms with E-state index in [9.17, 15) is 0 Å². The van der Waals surface area contributed by atoms with Crippen LogP contribution in [0.3, 0.4) is 0 Å². The second-order valence-electron chi connectivity index (χ2n) is 8.11. The molecule has 0 fully saturated rings. The molecule has 0 N–H and O–H groups in total. The lowest BCUT2D eigenvalue weighted by molar-refractivity contribution is 0.243. The van der Waals surface area contributed by atoms with Crippen LogP contribution in [0.4, 0.5) is 0 Å². The summed E-state index contributed by atoms with van der Waals surface area (Å²) >= 11 is 0. The third-order valence-electron chi connectivity index (χ3n) is 5.23. The van der Waals surface area contributed by atoms with Crippen LogP contribution in [0.2, 0.25) is 0 Å². The van der Waals surface area contributed by atoms with Gasteiger partial charge in [0, 0.05) is 0 Å². The Bertz CT molecular complexity index is 615. The fourth-order valence-electron chi connectivity index (χ4n) is 3.31. The zero-order valence-corrected chi connectivity index (χ0v) is 16.0. The Morgan fingerprint density at radius 2 is 1.40 bits per heavy atom. The first-order valence-electron chi connectivity index (χ1n) is 9.36. The highest BCUT2D eigenvalue weighted by atomic mass is 16.5. The maximum atomic E-state index is 6.06. The smallest absolute Gasteiger partial charge is 0.199 e. The van der Waals surface area contributed by atoms with Crippen LogP contribution >= 0.6 is 0 Å². The van der Waals surface area contributed by atoms with Gasteiger partial charge in [0.1, 0.15) is 18.6 Å². The van der Waals surface area contributed by atoms with Gasteiger partial charge in [-0.15, -0.1) is 0 Å². The Labute approximate surface area is 151 Å². The number of hydrogen-bond acceptors (Lipinski definition) is 4. The normalized spacial score (nSPS) is 23.5. The van der Waals surface area contributed by atoms with Crippen molar-refractivity contribution in [3.63, 3.8) is 0 Å². The number of rotatable bonds is 6. The van der Waals surface area contributed by atoms with Crippen LogP contribution in [0.15, 0.2) is 40.3 Å². The molecule has 2 aliphatic heterocycles. The Morgan fingerprint density at radius 3 is 1.80 bits per heavy atom. The van der Waals surface area contributed by atoms with Gasteiger partial charge >= 0.3 is 0 Å². The second-order valence-corrected chi connectivity index (χ2v) is 8.11. The molecule has 25 heavy (non-hydrogen) atoms. The fraction of sp³-hybridized carbons (Fsp3) is 0.619. The highest BCUT2D eigenvalue weighted by molar-refractivity contribution is 6.06. The molecule has 136 valence electrons. The average molecular weight is 342 g/mol. The van der Waals surface area contributed by atoms with E-state index in [1.54, 1.807) is 0 Å². The quantitative estimate of drug-likeness (QED) is 0.780. The molecule has 3 rings (SSSR count). The molecule has 1 aromatic rings. The van der Waals surface area contributed by atoms with E-state index in [0.29, 0.717) is 25.0 Å². The van der Waals surface area contributed by atoms with E-state index in [2.05, 4.69) is 58.9 Å². The van der Waals surface area contributed by atoms with Crippen molar-refractivity contribution in [1.29, 1.82) is 0 Å². The molecular weight excluding hydrogens is 312 g/mol. The zero-order valence-electron chi connectivity index (χ0n) is 16.0. The lowest BCUT2D eigenvalue weighted by Crippen LogP contribution is -2.39. The van der Waals surface area contributed by atoms with Crippen LogP contribution in [-0.4, -0.2) is 37.1 Å². The third kappa shape index (κ3) is 3.73. The highest BCUT2D eigenvalue weighted by Crippen LogP contribution is 2.34. The molecular formula is C21H30N2O2. The van der Waals surface area contributed by atoms with E-state index in [1.807, 2.05) is 6.07 Å². The van der Waals surface area contributed by atoms with Gasteiger partial charge in [-0.05, 0) is 30.7 Å². The first kappa shape index (κ1) is 18.0. The maximum Gasteiger partial charge on any atom is 0.199 e. The van der Waals surface area contributed by atoms with Crippen LogP contribution in [-0.2, 0) is 15.9 Å². The van der Waals surface area contributed by atoms with E-state index < -0.39 is 5.41 Å². The van der Waals surface area contributed by atoms with Gasteiger partial charge in [0.05, 0.1) is 12.1 Å². The van der Waals surface area contributed by atoms with E-state index in [1.165, 1.54) is 5.56 Å². The van der Waals surface area contributed by atoms with Crippen molar-refractivity contribution in [2.24, 2.45) is 27.2 Å². The molecule has 0 amide bonds. The molecule has 1 aromatic carbocycles. The molecule has 2 atom stereocenters. The monoisotopic (exact) mass is 342 g/mol. The summed E-state index contributed by atoms with van der Waals surface area (Å²) in [6.45, 7) is 12.2. The van der Waals surface area contributed by atoms with E-state index in [4.69, 9.17) is 19.5 Å². The van der Waals surface area contributed by atoms with Gasteiger partial charge in [0.15, 0.2) is 11.8 Å². The lowest BCUT2D eigenvalue weighted by atomic mass is 9.82. The van der Waals surface area contributed by atoms with Crippen molar-refractivity contribution in [1.82, 2.24) is 0 Å². The Hall–Kier alpha value is -1.84. The number of aliphatic imine (C=N–C) groups is 2. The summed E-state index contributed by atoms with van der Waals surface area (Å²) in [7, 11) is 0. The van der Waals surface area contributed by atoms with Crippen LogP contribution in [0, 0.1) is 17.3 Å². The lowest BCUT2D eigenvalue weighted by Gasteiger charge is -2.28. The molecule has 0 saturated carbocycles. The van der Waals surface area contributed by atoms with Gasteiger partial charge in [0.25, 0.3) is 0 Å². The number of ether oxygens (including phenoxy) is 2. The summed E-state index contributed by atoms with van der Waals surface area (Å²) in [5.74, 6) is 2.48. The molecule has 4 nitrogen and oxygen atoms in total. The number of nitrogens with zero attached hydrogens (tertiary/aromatic N) is 2.